The third-order valence-electron chi connectivity index (χ3n) is 11.4. The fourth-order valence-corrected chi connectivity index (χ4v) is 7.88. The lowest BCUT2D eigenvalue weighted by Crippen LogP contribution is -2.36. The molecule has 2 aliphatic rings. The topological polar surface area (TPSA) is 223 Å². The number of oxazole rings is 3. The molecule has 2 fully saturated rings. The highest BCUT2D eigenvalue weighted by molar-refractivity contribution is 5.95. The molecule has 6 aromatic carbocycles. The average Bonchev–Trinajstić information content (AvgIpc) is 4.12. The maximum atomic E-state index is 13.1. The number of amides is 3. The van der Waals surface area contributed by atoms with Crippen molar-refractivity contribution in [1.29, 1.82) is 0 Å². The number of hydrogen-bond acceptors (Lipinski definition) is 12. The summed E-state index contributed by atoms with van der Waals surface area (Å²) in [6, 6.07) is 36.9. The number of hydrogen-bond donors (Lipinski definition) is 3. The van der Waals surface area contributed by atoms with E-state index in [1.807, 2.05) is 36.4 Å². The molecular weight excluding hydrogens is 856 g/mol. The number of primary amides is 3. The van der Waals surface area contributed by atoms with Gasteiger partial charge in [-0.25, -0.2) is 19.3 Å². The molecule has 3 aromatic heterocycles. The van der Waals surface area contributed by atoms with Gasteiger partial charge in [0.25, 0.3) is 0 Å². The van der Waals surface area contributed by atoms with Crippen LogP contribution >= 0.6 is 0 Å². The van der Waals surface area contributed by atoms with E-state index in [-0.39, 0.29) is 5.82 Å². The van der Waals surface area contributed by atoms with Crippen LogP contribution in [0.15, 0.2) is 141 Å². The standard InChI is InChI=1S/C19H19N3O2.C18H17N3O3.C14H9FN2O2/c20-18(23)13-5-4-6-14(11-13)19-21-16-8-7-15(12-17(16)24-19)22-9-2-1-3-10-22;19-17(22)12-2-1-3-13(10-12)18-20-15-5-4-14(11-16(15)24-18)21-6-8-23-9-7-21;15-10-4-5-11-12(7-10)19-14(17-11)9-3-1-2-8(6-9)13(16)18/h4-8,11-12H,1-3,9-10H2,(H2,20,23);1-5,10-11H,6-9H2,(H2,19,22);1-7H,(H2,16,18). The van der Waals surface area contributed by atoms with E-state index in [4.69, 9.17) is 35.2 Å². The van der Waals surface area contributed by atoms with Crippen LogP contribution in [-0.4, -0.2) is 72.1 Å². The van der Waals surface area contributed by atoms with E-state index in [2.05, 4.69) is 36.9 Å². The van der Waals surface area contributed by atoms with Gasteiger partial charge >= 0.3 is 0 Å². The number of halogens is 1. The number of piperidine rings is 1. The Labute approximate surface area is 382 Å². The number of rotatable bonds is 8. The van der Waals surface area contributed by atoms with E-state index in [0.29, 0.717) is 51.0 Å². The molecule has 0 atom stereocenters. The zero-order chi connectivity index (χ0) is 46.4. The lowest BCUT2D eigenvalue weighted by atomic mass is 10.1. The number of morpholine rings is 1. The second-order valence-electron chi connectivity index (χ2n) is 16.0. The summed E-state index contributed by atoms with van der Waals surface area (Å²) in [7, 11) is 0. The van der Waals surface area contributed by atoms with Crippen LogP contribution < -0.4 is 27.0 Å². The minimum Gasteiger partial charge on any atom is -0.436 e. The molecule has 16 heteroatoms. The number of carbonyl (C=O) groups excluding carboxylic acids is 3. The second-order valence-corrected chi connectivity index (χ2v) is 16.0. The molecule has 0 bridgehead atoms. The number of aromatic nitrogens is 3. The van der Waals surface area contributed by atoms with Gasteiger partial charge in [0.05, 0.1) is 13.2 Å². The first-order valence-corrected chi connectivity index (χ1v) is 21.7. The summed E-state index contributed by atoms with van der Waals surface area (Å²) in [6.07, 6.45) is 3.78. The first kappa shape index (κ1) is 43.9. The highest BCUT2D eigenvalue weighted by Crippen LogP contribution is 2.31. The van der Waals surface area contributed by atoms with Crippen LogP contribution in [0, 0.1) is 5.82 Å². The van der Waals surface area contributed by atoms with Crippen LogP contribution in [0.4, 0.5) is 15.8 Å². The van der Waals surface area contributed by atoms with Gasteiger partial charge in [0.1, 0.15) is 22.4 Å². The zero-order valence-electron chi connectivity index (χ0n) is 36.2. The summed E-state index contributed by atoms with van der Waals surface area (Å²) >= 11 is 0. The van der Waals surface area contributed by atoms with E-state index in [1.165, 1.54) is 43.1 Å². The highest BCUT2D eigenvalue weighted by atomic mass is 19.1. The Balaban J connectivity index is 0.000000127. The summed E-state index contributed by atoms with van der Waals surface area (Å²) in [4.78, 5) is 51.7. The van der Waals surface area contributed by atoms with Crippen molar-refractivity contribution >= 4 is 62.4 Å². The predicted octanol–water partition coefficient (Wildman–Crippen LogP) is 8.75. The van der Waals surface area contributed by atoms with Crippen LogP contribution in [0.2, 0.25) is 0 Å². The molecule has 0 spiro atoms. The largest absolute Gasteiger partial charge is 0.436 e. The van der Waals surface area contributed by atoms with E-state index in [1.54, 1.807) is 60.7 Å². The number of fused-ring (bicyclic) bond motifs is 3. The van der Waals surface area contributed by atoms with Crippen LogP contribution in [0.25, 0.3) is 67.7 Å². The summed E-state index contributed by atoms with van der Waals surface area (Å²) in [5.41, 5.74) is 25.5. The van der Waals surface area contributed by atoms with E-state index in [0.717, 1.165) is 78.4 Å². The maximum Gasteiger partial charge on any atom is 0.248 e. The Morgan fingerprint density at radius 2 is 0.851 bits per heavy atom. The molecule has 0 aliphatic carbocycles. The minimum atomic E-state index is -0.524. The van der Waals surface area contributed by atoms with Crippen molar-refractivity contribution in [1.82, 2.24) is 15.0 Å². The number of carbonyl (C=O) groups is 3. The number of nitrogens with two attached hydrogens (primary N) is 3. The van der Waals surface area contributed by atoms with Crippen molar-refractivity contribution in [3.63, 3.8) is 0 Å². The molecule has 2 saturated heterocycles. The lowest BCUT2D eigenvalue weighted by Gasteiger charge is -2.28. The SMILES string of the molecule is NC(=O)c1cccc(-c2nc3ccc(F)cc3o2)c1.NC(=O)c1cccc(-c2nc3ccc(N4CCCCC4)cc3o2)c1.NC(=O)c1cccc(-c2nc3ccc(N4CCOCC4)cc3o2)c1. The van der Waals surface area contributed by atoms with E-state index in [9.17, 15) is 18.8 Å². The summed E-state index contributed by atoms with van der Waals surface area (Å²) < 4.78 is 35.8. The van der Waals surface area contributed by atoms with Crippen molar-refractivity contribution in [2.45, 2.75) is 19.3 Å². The fourth-order valence-electron chi connectivity index (χ4n) is 7.88. The molecule has 338 valence electrons. The van der Waals surface area contributed by atoms with Crippen molar-refractivity contribution in [3.05, 3.63) is 150 Å². The van der Waals surface area contributed by atoms with Gasteiger partial charge in [-0.05, 0) is 110 Å². The Bertz CT molecular complexity index is 3110. The molecular formula is C51H45FN8O7. The van der Waals surface area contributed by atoms with Gasteiger partial charge in [0, 0.05) is 89.1 Å². The van der Waals surface area contributed by atoms with Crippen LogP contribution in [0.3, 0.4) is 0 Å². The molecule has 0 unspecified atom stereocenters. The number of benzene rings is 6. The fraction of sp³-hybridized carbons (Fsp3) is 0.176. The normalized spacial score (nSPS) is 13.7. The minimum absolute atomic E-state index is 0.323. The van der Waals surface area contributed by atoms with Gasteiger partial charge in [-0.15, -0.1) is 0 Å². The number of nitrogens with zero attached hydrogens (tertiary/aromatic N) is 5. The van der Waals surface area contributed by atoms with Crippen molar-refractivity contribution in [3.8, 4) is 34.4 Å². The van der Waals surface area contributed by atoms with E-state index < -0.39 is 17.7 Å². The Morgan fingerprint density at radius 3 is 1.27 bits per heavy atom. The Hall–Kier alpha value is -8.37. The maximum absolute atomic E-state index is 13.1. The van der Waals surface area contributed by atoms with Crippen molar-refractivity contribution in [2.75, 3.05) is 49.2 Å². The smallest absolute Gasteiger partial charge is 0.248 e. The zero-order valence-corrected chi connectivity index (χ0v) is 36.2. The van der Waals surface area contributed by atoms with E-state index >= 15 is 0 Å². The van der Waals surface area contributed by atoms with Crippen molar-refractivity contribution < 1.29 is 36.8 Å². The molecule has 3 amide bonds. The Morgan fingerprint density at radius 1 is 0.463 bits per heavy atom. The van der Waals surface area contributed by atoms with Gasteiger partial charge in [-0.2, -0.15) is 0 Å². The lowest BCUT2D eigenvalue weighted by molar-refractivity contribution is 0.0992. The number of anilines is 2. The van der Waals surface area contributed by atoms with Gasteiger partial charge in [-0.3, -0.25) is 14.4 Å². The summed E-state index contributed by atoms with van der Waals surface area (Å²) in [5.74, 6) is -0.534. The predicted molar refractivity (Wildman–Crippen MR) is 253 cm³/mol. The molecule has 0 saturated carbocycles. The molecule has 15 nitrogen and oxygen atoms in total. The van der Waals surface area contributed by atoms with Gasteiger partial charge in [0.15, 0.2) is 16.7 Å². The molecule has 9 aromatic rings. The highest BCUT2D eigenvalue weighted by Gasteiger charge is 2.17. The second kappa shape index (κ2) is 19.4. The average molecular weight is 901 g/mol. The van der Waals surface area contributed by atoms with Crippen LogP contribution in [-0.2, 0) is 4.74 Å². The van der Waals surface area contributed by atoms with Crippen LogP contribution in [0.1, 0.15) is 50.3 Å². The molecule has 0 radical (unpaired) electrons. The van der Waals surface area contributed by atoms with Crippen molar-refractivity contribution in [2.24, 2.45) is 17.2 Å². The molecule has 6 N–H and O–H groups in total. The third-order valence-corrected chi connectivity index (χ3v) is 11.4. The first-order valence-electron chi connectivity index (χ1n) is 21.7. The van der Waals surface area contributed by atoms with Gasteiger partial charge in [-0.1, -0.05) is 18.2 Å². The first-order chi connectivity index (χ1) is 32.5. The molecule has 11 rings (SSSR count). The molecule has 67 heavy (non-hydrogen) atoms. The number of ether oxygens (including phenoxy) is 1. The quantitative estimate of drug-likeness (QED) is 0.130. The summed E-state index contributed by atoms with van der Waals surface area (Å²) in [6.45, 7) is 5.39. The molecule has 2 aliphatic heterocycles. The monoisotopic (exact) mass is 900 g/mol. The van der Waals surface area contributed by atoms with Gasteiger partial charge < -0.3 is 45.0 Å². The van der Waals surface area contributed by atoms with Crippen LogP contribution in [0.5, 0.6) is 0 Å². The molecule has 5 heterocycles. The summed E-state index contributed by atoms with van der Waals surface area (Å²) in [5, 5.41) is 0. The van der Waals surface area contributed by atoms with Gasteiger partial charge in [0.2, 0.25) is 35.4 Å². The Kier molecular flexibility index (Phi) is 12.7. The third kappa shape index (κ3) is 10.1.